The van der Waals surface area contributed by atoms with Gasteiger partial charge in [0.1, 0.15) is 5.69 Å². The molecule has 1 aromatic carbocycles. The van der Waals surface area contributed by atoms with E-state index in [4.69, 9.17) is 0 Å². The Kier molecular flexibility index (Phi) is 4.01. The topological polar surface area (TPSA) is 76.0 Å². The summed E-state index contributed by atoms with van der Waals surface area (Å²) in [6.45, 7) is 0.443. The fourth-order valence-electron chi connectivity index (χ4n) is 2.80. The van der Waals surface area contributed by atoms with E-state index in [1.165, 1.54) is 4.70 Å². The predicted molar refractivity (Wildman–Crippen MR) is 97.0 cm³/mol. The van der Waals surface area contributed by atoms with Gasteiger partial charge in [-0.2, -0.15) is 5.10 Å². The van der Waals surface area contributed by atoms with Gasteiger partial charge in [-0.1, -0.05) is 12.1 Å². The predicted octanol–water partition coefficient (Wildman–Crippen LogP) is 2.40. The van der Waals surface area contributed by atoms with Gasteiger partial charge in [0.05, 0.1) is 6.54 Å². The summed E-state index contributed by atoms with van der Waals surface area (Å²) in [6.07, 6.45) is 2.02. The van der Waals surface area contributed by atoms with Gasteiger partial charge in [-0.3, -0.25) is 14.3 Å². The Hall–Kier alpha value is -2.67. The van der Waals surface area contributed by atoms with Crippen LogP contribution >= 0.6 is 11.3 Å². The number of nitrogens with one attached hydrogen (secondary N) is 2. The Morgan fingerprint density at radius 2 is 2.12 bits per heavy atom. The molecule has 0 atom stereocenters. The van der Waals surface area contributed by atoms with E-state index < -0.39 is 0 Å². The van der Waals surface area contributed by atoms with Crippen molar-refractivity contribution in [1.82, 2.24) is 20.4 Å². The van der Waals surface area contributed by atoms with Crippen molar-refractivity contribution in [2.45, 2.75) is 25.4 Å². The van der Waals surface area contributed by atoms with Crippen molar-refractivity contribution in [2.24, 2.45) is 0 Å². The summed E-state index contributed by atoms with van der Waals surface area (Å²) in [5.41, 5.74) is 1.74. The number of fused-ring (bicyclic) bond motifs is 1. The van der Waals surface area contributed by atoms with Crippen LogP contribution in [0.1, 0.15) is 39.4 Å². The number of nitrogens with zero attached hydrogens (tertiary/aromatic N) is 2. The molecule has 7 heteroatoms. The van der Waals surface area contributed by atoms with Gasteiger partial charge in [0, 0.05) is 23.9 Å². The van der Waals surface area contributed by atoms with E-state index in [2.05, 4.69) is 27.9 Å². The van der Waals surface area contributed by atoms with E-state index in [0.29, 0.717) is 12.2 Å². The van der Waals surface area contributed by atoms with Crippen LogP contribution in [0.15, 0.2) is 35.7 Å². The van der Waals surface area contributed by atoms with E-state index in [9.17, 15) is 9.59 Å². The molecule has 128 valence electrons. The molecule has 2 amide bonds. The molecule has 0 bridgehead atoms. The lowest BCUT2D eigenvalue weighted by atomic mass is 10.1. The van der Waals surface area contributed by atoms with Gasteiger partial charge in [0.25, 0.3) is 11.8 Å². The van der Waals surface area contributed by atoms with Crippen molar-refractivity contribution in [3.8, 4) is 0 Å². The number of carbonyl (C=O) groups is 2. The molecule has 6 nitrogen and oxygen atoms in total. The molecule has 1 saturated carbocycles. The second kappa shape index (κ2) is 6.33. The van der Waals surface area contributed by atoms with Crippen molar-refractivity contribution in [1.29, 1.82) is 0 Å². The molecule has 0 unspecified atom stereocenters. The first-order valence-corrected chi connectivity index (χ1v) is 9.09. The molecule has 0 saturated heterocycles. The molecular weight excluding hydrogens is 336 g/mol. The minimum absolute atomic E-state index is 0.178. The van der Waals surface area contributed by atoms with Crippen LogP contribution in [0.2, 0.25) is 0 Å². The smallest absolute Gasteiger partial charge is 0.271 e. The van der Waals surface area contributed by atoms with E-state index in [-0.39, 0.29) is 23.6 Å². The van der Waals surface area contributed by atoms with Crippen LogP contribution in [0.25, 0.3) is 10.1 Å². The van der Waals surface area contributed by atoms with Crippen LogP contribution in [0.5, 0.6) is 0 Å². The first-order chi connectivity index (χ1) is 12.2. The minimum Gasteiger partial charge on any atom is -0.354 e. The molecule has 3 aromatic rings. The Morgan fingerprint density at radius 3 is 2.88 bits per heavy atom. The van der Waals surface area contributed by atoms with Gasteiger partial charge in [-0.05, 0) is 41.3 Å². The highest BCUT2D eigenvalue weighted by molar-refractivity contribution is 7.17. The normalized spacial score (nSPS) is 13.8. The molecule has 0 spiro atoms. The van der Waals surface area contributed by atoms with E-state index >= 15 is 0 Å². The number of aromatic nitrogens is 2. The quantitative estimate of drug-likeness (QED) is 0.739. The van der Waals surface area contributed by atoms with Gasteiger partial charge < -0.3 is 10.6 Å². The standard InChI is InChI=1S/C18H18N4O2S/c1-19-17(23)14-9-15(18(24)20-12-5-6-12)22(21-14)10-11-3-2-4-16-13(11)7-8-25-16/h2-4,7-9,12H,5-6,10H2,1H3,(H,19,23)(H,20,24). The molecule has 0 aliphatic heterocycles. The second-order valence-corrected chi connectivity index (χ2v) is 7.10. The highest BCUT2D eigenvalue weighted by Gasteiger charge is 2.26. The average molecular weight is 354 g/mol. The van der Waals surface area contributed by atoms with Crippen LogP contribution < -0.4 is 10.6 Å². The first kappa shape index (κ1) is 15.8. The Morgan fingerprint density at radius 1 is 1.28 bits per heavy atom. The molecule has 0 radical (unpaired) electrons. The van der Waals surface area contributed by atoms with Crippen LogP contribution in [0.4, 0.5) is 0 Å². The molecule has 2 heterocycles. The fourth-order valence-corrected chi connectivity index (χ4v) is 3.64. The molecule has 4 rings (SSSR count). The number of carbonyl (C=O) groups excluding carboxylic acids is 2. The summed E-state index contributed by atoms with van der Waals surface area (Å²) in [5.74, 6) is -0.476. The van der Waals surface area contributed by atoms with Crippen molar-refractivity contribution in [3.63, 3.8) is 0 Å². The second-order valence-electron chi connectivity index (χ2n) is 6.15. The Bertz CT molecular complexity index is 955. The lowest BCUT2D eigenvalue weighted by molar-refractivity contribution is 0.0937. The molecule has 1 fully saturated rings. The molecule has 1 aliphatic carbocycles. The number of rotatable bonds is 5. The molecular formula is C18H18N4O2S. The van der Waals surface area contributed by atoms with Crippen LogP contribution in [0.3, 0.4) is 0 Å². The number of benzene rings is 1. The maximum atomic E-state index is 12.5. The van der Waals surface area contributed by atoms with Crippen molar-refractivity contribution in [3.05, 3.63) is 52.7 Å². The van der Waals surface area contributed by atoms with Gasteiger partial charge in [-0.15, -0.1) is 11.3 Å². The monoisotopic (exact) mass is 354 g/mol. The summed E-state index contributed by atoms with van der Waals surface area (Å²) >= 11 is 1.68. The average Bonchev–Trinajstić information content (AvgIpc) is 3.12. The van der Waals surface area contributed by atoms with E-state index in [1.807, 2.05) is 17.5 Å². The summed E-state index contributed by atoms with van der Waals surface area (Å²) in [7, 11) is 1.55. The minimum atomic E-state index is -0.298. The zero-order valence-electron chi connectivity index (χ0n) is 13.8. The molecule has 2 N–H and O–H groups in total. The lowest BCUT2D eigenvalue weighted by Crippen LogP contribution is -2.28. The molecule has 2 aromatic heterocycles. The Balaban J connectivity index is 1.71. The van der Waals surface area contributed by atoms with Crippen LogP contribution in [-0.4, -0.2) is 34.7 Å². The third-order valence-electron chi connectivity index (χ3n) is 4.29. The number of amides is 2. The third kappa shape index (κ3) is 3.15. The maximum absolute atomic E-state index is 12.5. The van der Waals surface area contributed by atoms with Crippen LogP contribution in [-0.2, 0) is 6.54 Å². The Labute approximate surface area is 148 Å². The van der Waals surface area contributed by atoms with Gasteiger partial charge >= 0.3 is 0 Å². The summed E-state index contributed by atoms with van der Waals surface area (Å²) in [4.78, 5) is 24.5. The van der Waals surface area contributed by atoms with Gasteiger partial charge in [0.15, 0.2) is 5.69 Å². The lowest BCUT2D eigenvalue weighted by Gasteiger charge is -2.09. The largest absolute Gasteiger partial charge is 0.354 e. The zero-order valence-corrected chi connectivity index (χ0v) is 14.6. The summed E-state index contributed by atoms with van der Waals surface area (Å²) in [5, 5.41) is 13.1. The van der Waals surface area contributed by atoms with Gasteiger partial charge in [-0.25, -0.2) is 0 Å². The molecule has 25 heavy (non-hydrogen) atoms. The number of hydrogen-bond donors (Lipinski definition) is 2. The van der Waals surface area contributed by atoms with Crippen molar-refractivity contribution >= 4 is 33.2 Å². The van der Waals surface area contributed by atoms with E-state index in [0.717, 1.165) is 23.8 Å². The zero-order chi connectivity index (χ0) is 17.4. The van der Waals surface area contributed by atoms with E-state index in [1.54, 1.807) is 29.1 Å². The highest BCUT2D eigenvalue weighted by atomic mass is 32.1. The molecule has 1 aliphatic rings. The fraction of sp³-hybridized carbons (Fsp3) is 0.278. The third-order valence-corrected chi connectivity index (χ3v) is 5.17. The number of hydrogen-bond acceptors (Lipinski definition) is 4. The maximum Gasteiger partial charge on any atom is 0.271 e. The highest BCUT2D eigenvalue weighted by Crippen LogP contribution is 2.25. The summed E-state index contributed by atoms with van der Waals surface area (Å²) < 4.78 is 2.81. The summed E-state index contributed by atoms with van der Waals surface area (Å²) in [6, 6.07) is 9.98. The van der Waals surface area contributed by atoms with Crippen LogP contribution in [0, 0.1) is 0 Å². The SMILES string of the molecule is CNC(=O)c1cc(C(=O)NC2CC2)n(Cc2cccc3sccc23)n1. The van der Waals surface area contributed by atoms with Crippen molar-refractivity contribution < 1.29 is 9.59 Å². The van der Waals surface area contributed by atoms with Gasteiger partial charge in [0.2, 0.25) is 0 Å². The first-order valence-electron chi connectivity index (χ1n) is 8.21. The van der Waals surface area contributed by atoms with Crippen molar-refractivity contribution in [2.75, 3.05) is 7.05 Å². The number of thiophene rings is 1.